The van der Waals surface area contributed by atoms with Gasteiger partial charge < -0.3 is 14.8 Å². The van der Waals surface area contributed by atoms with E-state index in [0.29, 0.717) is 29.2 Å². The number of rotatable bonds is 4. The summed E-state index contributed by atoms with van der Waals surface area (Å²) in [4.78, 5) is 27.0. The van der Waals surface area contributed by atoms with E-state index < -0.39 is 0 Å². The van der Waals surface area contributed by atoms with Crippen LogP contribution in [0.2, 0.25) is 5.02 Å². The van der Waals surface area contributed by atoms with E-state index in [1.165, 1.54) is 0 Å². The number of halogens is 1. The minimum atomic E-state index is -0.0799. The molecule has 1 aromatic heterocycles. The van der Waals surface area contributed by atoms with E-state index in [1.54, 1.807) is 24.3 Å². The van der Waals surface area contributed by atoms with Crippen molar-refractivity contribution in [3.05, 3.63) is 89.2 Å². The van der Waals surface area contributed by atoms with E-state index in [2.05, 4.69) is 5.32 Å². The lowest BCUT2D eigenvalue weighted by atomic mass is 10.0. The highest BCUT2D eigenvalue weighted by Gasteiger charge is 2.25. The SMILES string of the molecule is O=C(NC1CCN(C(=O)c2cccc(Cl)c2)CC1)c1ccc(-n2cccc2)cc1. The molecule has 1 N–H and O–H groups in total. The summed E-state index contributed by atoms with van der Waals surface area (Å²) in [5.41, 5.74) is 2.25. The first-order valence-electron chi connectivity index (χ1n) is 9.69. The van der Waals surface area contributed by atoms with Gasteiger partial charge >= 0.3 is 0 Å². The summed E-state index contributed by atoms with van der Waals surface area (Å²) in [6.45, 7) is 1.23. The molecule has 2 amide bonds. The van der Waals surface area contributed by atoms with Crippen LogP contribution in [0.3, 0.4) is 0 Å². The first-order chi connectivity index (χ1) is 14.1. The predicted molar refractivity (Wildman–Crippen MR) is 114 cm³/mol. The lowest BCUT2D eigenvalue weighted by molar-refractivity contribution is 0.0698. The van der Waals surface area contributed by atoms with Gasteiger partial charge in [-0.1, -0.05) is 17.7 Å². The summed E-state index contributed by atoms with van der Waals surface area (Å²) in [7, 11) is 0. The maximum Gasteiger partial charge on any atom is 0.253 e. The second-order valence-electron chi connectivity index (χ2n) is 7.19. The summed E-state index contributed by atoms with van der Waals surface area (Å²) in [6.07, 6.45) is 5.40. The zero-order chi connectivity index (χ0) is 20.2. The first kappa shape index (κ1) is 19.3. The van der Waals surface area contributed by atoms with E-state index in [9.17, 15) is 9.59 Å². The quantitative estimate of drug-likeness (QED) is 0.705. The van der Waals surface area contributed by atoms with Gasteiger partial charge in [-0.2, -0.15) is 0 Å². The lowest BCUT2D eigenvalue weighted by Gasteiger charge is -2.32. The standard InChI is InChI=1S/C23H22ClN3O2/c24-19-5-3-4-18(16-19)23(29)27-14-10-20(11-15-27)25-22(28)17-6-8-21(9-7-17)26-12-1-2-13-26/h1-9,12-13,16,20H,10-11,14-15H2,(H,25,28). The van der Waals surface area contributed by atoms with Crippen molar-refractivity contribution in [1.82, 2.24) is 14.8 Å². The van der Waals surface area contributed by atoms with Crippen molar-refractivity contribution >= 4 is 23.4 Å². The molecule has 1 aliphatic rings. The van der Waals surface area contributed by atoms with Crippen LogP contribution in [0.25, 0.3) is 5.69 Å². The fraction of sp³-hybridized carbons (Fsp3) is 0.217. The number of carbonyl (C=O) groups is 2. The molecule has 1 fully saturated rings. The van der Waals surface area contributed by atoms with Crippen LogP contribution in [0.4, 0.5) is 0 Å². The Kier molecular flexibility index (Phi) is 5.67. The Labute approximate surface area is 174 Å². The highest BCUT2D eigenvalue weighted by atomic mass is 35.5. The predicted octanol–water partition coefficient (Wildman–Crippen LogP) is 4.17. The number of nitrogens with one attached hydrogen (secondary N) is 1. The van der Waals surface area contributed by atoms with Gasteiger partial charge in [-0.25, -0.2) is 0 Å². The van der Waals surface area contributed by atoms with Crippen molar-refractivity contribution in [2.24, 2.45) is 0 Å². The molecule has 3 aromatic rings. The van der Waals surface area contributed by atoms with Gasteiger partial charge in [0.1, 0.15) is 0 Å². The Morgan fingerprint density at radius 1 is 0.897 bits per heavy atom. The van der Waals surface area contributed by atoms with Crippen LogP contribution in [-0.4, -0.2) is 40.4 Å². The minimum absolute atomic E-state index is 0.0159. The largest absolute Gasteiger partial charge is 0.349 e. The number of piperidine rings is 1. The molecule has 0 atom stereocenters. The molecule has 1 saturated heterocycles. The molecule has 2 heterocycles. The van der Waals surface area contributed by atoms with Crippen molar-refractivity contribution in [3.8, 4) is 5.69 Å². The van der Waals surface area contributed by atoms with Gasteiger partial charge in [0.2, 0.25) is 0 Å². The molecule has 6 heteroatoms. The van der Waals surface area contributed by atoms with Crippen LogP contribution >= 0.6 is 11.6 Å². The van der Waals surface area contributed by atoms with Gasteiger partial charge in [0.25, 0.3) is 11.8 Å². The lowest BCUT2D eigenvalue weighted by Crippen LogP contribution is -2.46. The highest BCUT2D eigenvalue weighted by molar-refractivity contribution is 6.30. The summed E-state index contributed by atoms with van der Waals surface area (Å²) in [5.74, 6) is -0.0958. The number of hydrogen-bond donors (Lipinski definition) is 1. The third-order valence-electron chi connectivity index (χ3n) is 5.22. The molecule has 2 aromatic carbocycles. The number of aromatic nitrogens is 1. The van der Waals surface area contributed by atoms with Gasteiger partial charge in [-0.05, 0) is 67.4 Å². The smallest absolute Gasteiger partial charge is 0.253 e. The number of carbonyl (C=O) groups excluding carboxylic acids is 2. The summed E-state index contributed by atoms with van der Waals surface area (Å²) >= 11 is 5.99. The van der Waals surface area contributed by atoms with E-state index in [-0.39, 0.29) is 17.9 Å². The highest BCUT2D eigenvalue weighted by Crippen LogP contribution is 2.17. The molecule has 0 radical (unpaired) electrons. The van der Waals surface area contributed by atoms with Gasteiger partial charge in [-0.15, -0.1) is 0 Å². The normalized spacial score (nSPS) is 14.6. The molecule has 0 unspecified atom stereocenters. The first-order valence-corrected chi connectivity index (χ1v) is 10.1. The number of hydrogen-bond acceptors (Lipinski definition) is 2. The van der Waals surface area contributed by atoms with Gasteiger partial charge in [0, 0.05) is 53.4 Å². The third kappa shape index (κ3) is 4.51. The zero-order valence-corrected chi connectivity index (χ0v) is 16.7. The van der Waals surface area contributed by atoms with Crippen LogP contribution < -0.4 is 5.32 Å². The fourth-order valence-corrected chi connectivity index (χ4v) is 3.78. The average molecular weight is 408 g/mol. The van der Waals surface area contributed by atoms with Crippen molar-refractivity contribution in [3.63, 3.8) is 0 Å². The van der Waals surface area contributed by atoms with Crippen LogP contribution in [0.5, 0.6) is 0 Å². The molecule has 5 nitrogen and oxygen atoms in total. The fourth-order valence-electron chi connectivity index (χ4n) is 3.59. The molecule has 0 spiro atoms. The average Bonchev–Trinajstić information content (AvgIpc) is 3.29. The Morgan fingerprint density at radius 3 is 2.24 bits per heavy atom. The van der Waals surface area contributed by atoms with E-state index in [1.807, 2.05) is 58.3 Å². The number of amides is 2. The molecule has 0 bridgehead atoms. The molecule has 1 aliphatic heterocycles. The van der Waals surface area contributed by atoms with Crippen molar-refractivity contribution in [2.45, 2.75) is 18.9 Å². The van der Waals surface area contributed by atoms with E-state index in [4.69, 9.17) is 11.6 Å². The van der Waals surface area contributed by atoms with Gasteiger partial charge in [-0.3, -0.25) is 9.59 Å². The summed E-state index contributed by atoms with van der Waals surface area (Å²) in [5, 5.41) is 3.65. The summed E-state index contributed by atoms with van der Waals surface area (Å²) in [6, 6.07) is 18.5. The molecule has 148 valence electrons. The van der Waals surface area contributed by atoms with Crippen LogP contribution in [-0.2, 0) is 0 Å². The molecule has 0 aliphatic carbocycles. The maximum atomic E-state index is 12.6. The second-order valence-corrected chi connectivity index (χ2v) is 7.62. The monoisotopic (exact) mass is 407 g/mol. The van der Waals surface area contributed by atoms with Crippen LogP contribution in [0.15, 0.2) is 73.1 Å². The zero-order valence-electron chi connectivity index (χ0n) is 15.9. The molecular formula is C23H22ClN3O2. The van der Waals surface area contributed by atoms with Crippen LogP contribution in [0, 0.1) is 0 Å². The number of benzene rings is 2. The van der Waals surface area contributed by atoms with Gasteiger partial charge in [0.05, 0.1) is 0 Å². The Hall–Kier alpha value is -3.05. The molecule has 29 heavy (non-hydrogen) atoms. The Bertz CT molecular complexity index is 991. The van der Waals surface area contributed by atoms with Crippen LogP contribution in [0.1, 0.15) is 33.6 Å². The Balaban J connectivity index is 1.31. The third-order valence-corrected chi connectivity index (χ3v) is 5.46. The van der Waals surface area contributed by atoms with Crippen molar-refractivity contribution in [1.29, 1.82) is 0 Å². The van der Waals surface area contributed by atoms with E-state index in [0.717, 1.165) is 18.5 Å². The van der Waals surface area contributed by atoms with E-state index >= 15 is 0 Å². The topological polar surface area (TPSA) is 54.3 Å². The maximum absolute atomic E-state index is 12.6. The van der Waals surface area contributed by atoms with Crippen molar-refractivity contribution < 1.29 is 9.59 Å². The number of likely N-dealkylation sites (tertiary alicyclic amines) is 1. The summed E-state index contributed by atoms with van der Waals surface area (Å²) < 4.78 is 1.99. The Morgan fingerprint density at radius 2 is 1.59 bits per heavy atom. The molecule has 0 saturated carbocycles. The molecule has 4 rings (SSSR count). The minimum Gasteiger partial charge on any atom is -0.349 e. The van der Waals surface area contributed by atoms with Gasteiger partial charge in [0.15, 0.2) is 0 Å². The van der Waals surface area contributed by atoms with Crippen molar-refractivity contribution in [2.75, 3.05) is 13.1 Å². The number of nitrogens with zero attached hydrogens (tertiary/aromatic N) is 2. The molecular weight excluding hydrogens is 386 g/mol. The second kappa shape index (κ2) is 8.53.